The Morgan fingerprint density at radius 1 is 1.07 bits per heavy atom. The molecule has 0 saturated heterocycles. The molecule has 1 heterocycles. The minimum absolute atomic E-state index is 0.230. The predicted molar refractivity (Wildman–Crippen MR) is 54.0 cm³/mol. The molecular weight excluding hydrogens is 179 g/mol. The molecule has 0 atom stereocenters. The highest BCUT2D eigenvalue weighted by Crippen LogP contribution is 2.09. The van der Waals surface area contributed by atoms with E-state index in [1.165, 1.54) is 12.1 Å². The highest BCUT2D eigenvalue weighted by molar-refractivity contribution is 5.67. The van der Waals surface area contributed by atoms with E-state index in [-0.39, 0.29) is 5.82 Å². The van der Waals surface area contributed by atoms with Gasteiger partial charge in [-0.05, 0) is 35.9 Å². The first-order valence-electron chi connectivity index (χ1n) is 4.32. The number of hydrogen-bond acceptors (Lipinski definition) is 1. The van der Waals surface area contributed by atoms with Gasteiger partial charge >= 0.3 is 0 Å². The Balaban J connectivity index is 2.18. The van der Waals surface area contributed by atoms with E-state index < -0.39 is 0 Å². The Morgan fingerprint density at radius 3 is 2.71 bits per heavy atom. The van der Waals surface area contributed by atoms with Gasteiger partial charge in [-0.1, -0.05) is 18.2 Å². The van der Waals surface area contributed by atoms with Crippen molar-refractivity contribution >= 4 is 12.2 Å². The summed E-state index contributed by atoms with van der Waals surface area (Å²) in [5, 5.41) is 0. The van der Waals surface area contributed by atoms with Gasteiger partial charge in [-0.3, -0.25) is 0 Å². The molecule has 0 radical (unpaired) electrons. The van der Waals surface area contributed by atoms with Crippen LogP contribution >= 0.6 is 0 Å². The number of benzene rings is 1. The van der Waals surface area contributed by atoms with E-state index in [0.29, 0.717) is 0 Å². The van der Waals surface area contributed by atoms with E-state index >= 15 is 0 Å². The standard InChI is InChI=1S/C12H9FO/c13-11-4-1-3-10(9-11)6-7-12-5-2-8-14-12/h1-9H/b7-6+. The molecule has 0 bridgehead atoms. The molecule has 0 aliphatic carbocycles. The van der Waals surface area contributed by atoms with Crippen LogP contribution < -0.4 is 0 Å². The largest absolute Gasteiger partial charge is 0.465 e. The van der Waals surface area contributed by atoms with Crippen molar-refractivity contribution < 1.29 is 8.81 Å². The Hall–Kier alpha value is -1.83. The van der Waals surface area contributed by atoms with E-state index in [4.69, 9.17) is 4.42 Å². The summed E-state index contributed by atoms with van der Waals surface area (Å²) in [5.41, 5.74) is 0.821. The second-order valence-corrected chi connectivity index (χ2v) is 2.90. The average Bonchev–Trinajstić information content (AvgIpc) is 2.67. The fraction of sp³-hybridized carbons (Fsp3) is 0. The fourth-order valence-electron chi connectivity index (χ4n) is 1.17. The van der Waals surface area contributed by atoms with Crippen molar-refractivity contribution in [2.75, 3.05) is 0 Å². The Morgan fingerprint density at radius 2 is 2.00 bits per heavy atom. The molecule has 2 aromatic rings. The van der Waals surface area contributed by atoms with Crippen LogP contribution in [0.3, 0.4) is 0 Å². The highest BCUT2D eigenvalue weighted by Gasteiger charge is 1.91. The smallest absolute Gasteiger partial charge is 0.126 e. The van der Waals surface area contributed by atoms with Gasteiger partial charge in [-0.2, -0.15) is 0 Å². The first-order chi connectivity index (χ1) is 6.84. The van der Waals surface area contributed by atoms with Crippen LogP contribution in [0.25, 0.3) is 12.2 Å². The molecule has 0 saturated carbocycles. The molecule has 1 aromatic carbocycles. The van der Waals surface area contributed by atoms with Gasteiger partial charge in [0.25, 0.3) is 0 Å². The molecule has 0 amide bonds. The molecule has 0 unspecified atom stereocenters. The van der Waals surface area contributed by atoms with Crippen LogP contribution in [-0.2, 0) is 0 Å². The van der Waals surface area contributed by atoms with Crippen LogP contribution in [0.5, 0.6) is 0 Å². The summed E-state index contributed by atoms with van der Waals surface area (Å²) < 4.78 is 17.9. The van der Waals surface area contributed by atoms with Crippen molar-refractivity contribution in [2.45, 2.75) is 0 Å². The van der Waals surface area contributed by atoms with Gasteiger partial charge in [0.2, 0.25) is 0 Å². The summed E-state index contributed by atoms with van der Waals surface area (Å²) in [4.78, 5) is 0. The zero-order chi connectivity index (χ0) is 9.80. The van der Waals surface area contributed by atoms with E-state index in [0.717, 1.165) is 11.3 Å². The van der Waals surface area contributed by atoms with Crippen LogP contribution in [0.4, 0.5) is 4.39 Å². The first kappa shape index (κ1) is 8.75. The normalized spacial score (nSPS) is 10.9. The van der Waals surface area contributed by atoms with E-state index in [9.17, 15) is 4.39 Å². The minimum atomic E-state index is -0.230. The quantitative estimate of drug-likeness (QED) is 0.701. The third kappa shape index (κ3) is 2.10. The van der Waals surface area contributed by atoms with Crippen molar-refractivity contribution in [3.05, 3.63) is 59.8 Å². The van der Waals surface area contributed by atoms with Crippen molar-refractivity contribution in [3.8, 4) is 0 Å². The Bertz CT molecular complexity index is 429. The molecule has 0 N–H and O–H groups in total. The topological polar surface area (TPSA) is 13.1 Å². The molecule has 0 fully saturated rings. The predicted octanol–water partition coefficient (Wildman–Crippen LogP) is 3.59. The number of hydrogen-bond donors (Lipinski definition) is 0. The summed E-state index contributed by atoms with van der Waals surface area (Å²) in [6.45, 7) is 0. The van der Waals surface area contributed by atoms with Gasteiger partial charge in [0.15, 0.2) is 0 Å². The fourth-order valence-corrected chi connectivity index (χ4v) is 1.17. The summed E-state index contributed by atoms with van der Waals surface area (Å²) in [5.74, 6) is 0.529. The van der Waals surface area contributed by atoms with Crippen LogP contribution in [-0.4, -0.2) is 0 Å². The second-order valence-electron chi connectivity index (χ2n) is 2.90. The van der Waals surface area contributed by atoms with Crippen molar-refractivity contribution in [3.63, 3.8) is 0 Å². The second kappa shape index (κ2) is 3.92. The third-order valence-corrected chi connectivity index (χ3v) is 1.83. The van der Waals surface area contributed by atoms with Crippen LogP contribution in [0, 0.1) is 5.82 Å². The van der Waals surface area contributed by atoms with Gasteiger partial charge < -0.3 is 4.42 Å². The average molecular weight is 188 g/mol. The molecule has 1 nitrogen and oxygen atoms in total. The molecule has 0 spiro atoms. The number of rotatable bonds is 2. The molecular formula is C12H9FO. The molecule has 2 heteroatoms. The number of halogens is 1. The van der Waals surface area contributed by atoms with Crippen LogP contribution in [0.2, 0.25) is 0 Å². The van der Waals surface area contributed by atoms with E-state index in [2.05, 4.69) is 0 Å². The lowest BCUT2D eigenvalue weighted by Crippen LogP contribution is -1.74. The van der Waals surface area contributed by atoms with Crippen molar-refractivity contribution in [1.82, 2.24) is 0 Å². The molecule has 0 aliphatic rings. The highest BCUT2D eigenvalue weighted by atomic mass is 19.1. The Labute approximate surface area is 81.5 Å². The first-order valence-corrected chi connectivity index (χ1v) is 4.32. The molecule has 14 heavy (non-hydrogen) atoms. The van der Waals surface area contributed by atoms with Crippen LogP contribution in [0.1, 0.15) is 11.3 Å². The zero-order valence-electron chi connectivity index (χ0n) is 7.48. The van der Waals surface area contributed by atoms with Gasteiger partial charge in [0, 0.05) is 0 Å². The van der Waals surface area contributed by atoms with Crippen LogP contribution in [0.15, 0.2) is 47.1 Å². The van der Waals surface area contributed by atoms with Gasteiger partial charge in [-0.25, -0.2) is 4.39 Å². The maximum absolute atomic E-state index is 12.8. The van der Waals surface area contributed by atoms with Crippen molar-refractivity contribution in [2.24, 2.45) is 0 Å². The Kier molecular flexibility index (Phi) is 2.45. The molecule has 1 aromatic heterocycles. The summed E-state index contributed by atoms with van der Waals surface area (Å²) in [6.07, 6.45) is 5.21. The lowest BCUT2D eigenvalue weighted by atomic mass is 10.2. The number of furan rings is 1. The van der Waals surface area contributed by atoms with Gasteiger partial charge in [0.05, 0.1) is 6.26 Å². The summed E-state index contributed by atoms with van der Waals surface area (Å²) >= 11 is 0. The van der Waals surface area contributed by atoms with E-state index in [1.54, 1.807) is 18.4 Å². The molecule has 0 aliphatic heterocycles. The van der Waals surface area contributed by atoms with Gasteiger partial charge in [0.1, 0.15) is 11.6 Å². The lowest BCUT2D eigenvalue weighted by Gasteiger charge is -1.91. The summed E-state index contributed by atoms with van der Waals surface area (Å²) in [7, 11) is 0. The zero-order valence-corrected chi connectivity index (χ0v) is 7.48. The maximum atomic E-state index is 12.8. The van der Waals surface area contributed by atoms with Gasteiger partial charge in [-0.15, -0.1) is 0 Å². The SMILES string of the molecule is Fc1cccc(/C=C/c2ccco2)c1. The molecule has 2 rings (SSSR count). The lowest BCUT2D eigenvalue weighted by molar-refractivity contribution is 0.557. The summed E-state index contributed by atoms with van der Waals surface area (Å²) in [6, 6.07) is 10.1. The third-order valence-electron chi connectivity index (χ3n) is 1.83. The van der Waals surface area contributed by atoms with E-state index in [1.807, 2.05) is 24.3 Å². The molecule has 70 valence electrons. The maximum Gasteiger partial charge on any atom is 0.126 e. The minimum Gasteiger partial charge on any atom is -0.465 e. The van der Waals surface area contributed by atoms with Crippen molar-refractivity contribution in [1.29, 1.82) is 0 Å². The monoisotopic (exact) mass is 188 g/mol.